The number of hydrogen-bond donors (Lipinski definition) is 2. The van der Waals surface area contributed by atoms with Crippen LogP contribution in [0.1, 0.15) is 18.5 Å². The predicted molar refractivity (Wildman–Crippen MR) is 38.6 cm³/mol. The van der Waals surface area contributed by atoms with E-state index in [2.05, 4.69) is 9.97 Å². The van der Waals surface area contributed by atoms with Gasteiger partial charge in [-0.2, -0.15) is 0 Å². The molecule has 1 heterocycles. The molecule has 0 aliphatic carbocycles. The minimum atomic E-state index is 0.286. The summed E-state index contributed by atoms with van der Waals surface area (Å²) in [7, 11) is 0. The maximum atomic E-state index is 8.47. The summed E-state index contributed by atoms with van der Waals surface area (Å²) < 4.78 is 0. The van der Waals surface area contributed by atoms with Crippen molar-refractivity contribution in [1.82, 2.24) is 9.97 Å². The number of unbranched alkanes of at least 4 members (excludes halogenated alkanes) is 1. The van der Waals surface area contributed by atoms with Crippen LogP contribution in [0.25, 0.3) is 0 Å². The zero-order valence-electron chi connectivity index (χ0n) is 5.88. The molecule has 0 fully saturated rings. The molecular weight excluding hydrogens is 128 g/mol. The van der Waals surface area contributed by atoms with Crippen LogP contribution in [0.5, 0.6) is 0 Å². The highest BCUT2D eigenvalue weighted by Crippen LogP contribution is 1.98. The minimum Gasteiger partial charge on any atom is -0.396 e. The Morgan fingerprint density at radius 2 is 2.40 bits per heavy atom. The van der Waals surface area contributed by atoms with Crippen molar-refractivity contribution in [3.63, 3.8) is 0 Å². The van der Waals surface area contributed by atoms with Crippen LogP contribution in [0.2, 0.25) is 0 Å². The third-order valence-electron chi connectivity index (χ3n) is 1.41. The molecule has 0 aromatic carbocycles. The maximum absolute atomic E-state index is 8.47. The minimum absolute atomic E-state index is 0.286. The topological polar surface area (TPSA) is 48.9 Å². The lowest BCUT2D eigenvalue weighted by molar-refractivity contribution is 0.284. The van der Waals surface area contributed by atoms with Crippen LogP contribution >= 0.6 is 0 Å². The smallest absolute Gasteiger partial charge is 0.0921 e. The summed E-state index contributed by atoms with van der Waals surface area (Å²) in [5.41, 5.74) is 1.15. The number of aromatic nitrogens is 2. The second-order valence-corrected chi connectivity index (χ2v) is 2.26. The number of nitrogens with zero attached hydrogens (tertiary/aromatic N) is 1. The Balaban J connectivity index is 2.15. The van der Waals surface area contributed by atoms with Crippen LogP contribution in [-0.2, 0) is 6.42 Å². The van der Waals surface area contributed by atoms with Crippen LogP contribution in [-0.4, -0.2) is 21.7 Å². The van der Waals surface area contributed by atoms with E-state index in [1.54, 1.807) is 6.33 Å². The third kappa shape index (κ3) is 2.19. The summed E-state index contributed by atoms with van der Waals surface area (Å²) in [5, 5.41) is 8.47. The number of rotatable bonds is 4. The lowest BCUT2D eigenvalue weighted by atomic mass is 10.2. The number of hydrogen-bond acceptors (Lipinski definition) is 2. The largest absolute Gasteiger partial charge is 0.396 e. The Labute approximate surface area is 60.1 Å². The van der Waals surface area contributed by atoms with E-state index in [-0.39, 0.29) is 6.61 Å². The number of imidazole rings is 1. The molecule has 0 spiro atoms. The summed E-state index contributed by atoms with van der Waals surface area (Å²) in [4.78, 5) is 6.89. The molecule has 0 atom stereocenters. The number of aliphatic hydroxyl groups excluding tert-OH is 1. The molecule has 56 valence electrons. The number of aromatic amines is 1. The number of aliphatic hydroxyl groups is 1. The summed E-state index contributed by atoms with van der Waals surface area (Å²) >= 11 is 0. The molecule has 3 nitrogen and oxygen atoms in total. The molecule has 3 heteroatoms. The summed E-state index contributed by atoms with van der Waals surface area (Å²) in [6.07, 6.45) is 6.38. The average molecular weight is 140 g/mol. The number of aryl methyl sites for hydroxylation is 1. The molecule has 1 aromatic heterocycles. The van der Waals surface area contributed by atoms with Gasteiger partial charge in [0.25, 0.3) is 0 Å². The highest BCUT2D eigenvalue weighted by molar-refractivity contribution is 4.93. The normalized spacial score (nSPS) is 10.1. The van der Waals surface area contributed by atoms with Crippen LogP contribution in [0, 0.1) is 0 Å². The van der Waals surface area contributed by atoms with E-state index in [0.29, 0.717) is 0 Å². The molecule has 0 radical (unpaired) electrons. The van der Waals surface area contributed by atoms with Crippen molar-refractivity contribution < 1.29 is 5.11 Å². The van der Waals surface area contributed by atoms with E-state index in [9.17, 15) is 0 Å². The fourth-order valence-corrected chi connectivity index (χ4v) is 0.849. The van der Waals surface area contributed by atoms with Crippen molar-refractivity contribution in [2.45, 2.75) is 19.3 Å². The summed E-state index contributed by atoms with van der Waals surface area (Å²) in [5.74, 6) is 0. The van der Waals surface area contributed by atoms with Gasteiger partial charge in [0.15, 0.2) is 0 Å². The zero-order valence-corrected chi connectivity index (χ0v) is 5.88. The van der Waals surface area contributed by atoms with Crippen LogP contribution < -0.4 is 0 Å². The molecule has 10 heavy (non-hydrogen) atoms. The molecule has 0 unspecified atom stereocenters. The van der Waals surface area contributed by atoms with Gasteiger partial charge in [0.1, 0.15) is 0 Å². The van der Waals surface area contributed by atoms with Gasteiger partial charge in [-0.3, -0.25) is 0 Å². The van der Waals surface area contributed by atoms with Crippen molar-refractivity contribution >= 4 is 0 Å². The number of nitrogens with one attached hydrogen (secondary N) is 1. The Morgan fingerprint density at radius 1 is 1.50 bits per heavy atom. The molecule has 0 bridgehead atoms. The van der Waals surface area contributed by atoms with Gasteiger partial charge in [-0.25, -0.2) is 4.98 Å². The van der Waals surface area contributed by atoms with E-state index in [1.165, 1.54) is 0 Å². The van der Waals surface area contributed by atoms with E-state index < -0.39 is 0 Å². The van der Waals surface area contributed by atoms with Gasteiger partial charge >= 0.3 is 0 Å². The van der Waals surface area contributed by atoms with Crippen LogP contribution in [0.3, 0.4) is 0 Å². The second kappa shape index (κ2) is 4.06. The predicted octanol–water partition coefficient (Wildman–Crippen LogP) is 0.725. The zero-order chi connectivity index (χ0) is 7.23. The van der Waals surface area contributed by atoms with Crippen molar-refractivity contribution in [2.24, 2.45) is 0 Å². The first-order valence-corrected chi connectivity index (χ1v) is 3.51. The molecule has 0 saturated heterocycles. The summed E-state index contributed by atoms with van der Waals surface area (Å²) in [6, 6.07) is 0. The molecule has 2 N–H and O–H groups in total. The Morgan fingerprint density at radius 3 is 3.00 bits per heavy atom. The lowest BCUT2D eigenvalue weighted by Crippen LogP contribution is -1.87. The van der Waals surface area contributed by atoms with Crippen molar-refractivity contribution in [1.29, 1.82) is 0 Å². The first-order chi connectivity index (χ1) is 4.93. The monoisotopic (exact) mass is 140 g/mol. The molecule has 0 aliphatic heterocycles. The first kappa shape index (κ1) is 7.28. The molecule has 0 amide bonds. The molecular formula is C7H12N2O. The van der Waals surface area contributed by atoms with E-state index in [4.69, 9.17) is 5.11 Å². The molecule has 0 saturated carbocycles. The highest BCUT2D eigenvalue weighted by Gasteiger charge is 1.91. The van der Waals surface area contributed by atoms with E-state index >= 15 is 0 Å². The van der Waals surface area contributed by atoms with Crippen molar-refractivity contribution in [2.75, 3.05) is 6.61 Å². The SMILES string of the molecule is OCCCCc1cnc[nH]1. The van der Waals surface area contributed by atoms with Gasteiger partial charge in [-0.15, -0.1) is 0 Å². The fraction of sp³-hybridized carbons (Fsp3) is 0.571. The third-order valence-corrected chi connectivity index (χ3v) is 1.41. The van der Waals surface area contributed by atoms with Gasteiger partial charge in [0, 0.05) is 18.5 Å². The fourth-order valence-electron chi connectivity index (χ4n) is 0.849. The van der Waals surface area contributed by atoms with Gasteiger partial charge in [0.2, 0.25) is 0 Å². The van der Waals surface area contributed by atoms with Gasteiger partial charge < -0.3 is 10.1 Å². The number of H-pyrrole nitrogens is 1. The average Bonchev–Trinajstić information content (AvgIpc) is 2.41. The first-order valence-electron chi connectivity index (χ1n) is 3.51. The summed E-state index contributed by atoms with van der Waals surface area (Å²) in [6.45, 7) is 0.286. The van der Waals surface area contributed by atoms with E-state index in [0.717, 1.165) is 25.0 Å². The molecule has 1 aromatic rings. The van der Waals surface area contributed by atoms with Crippen molar-refractivity contribution in [3.8, 4) is 0 Å². The molecule has 0 aliphatic rings. The van der Waals surface area contributed by atoms with Crippen LogP contribution in [0.4, 0.5) is 0 Å². The van der Waals surface area contributed by atoms with Gasteiger partial charge in [-0.05, 0) is 19.3 Å². The highest BCUT2D eigenvalue weighted by atomic mass is 16.2. The second-order valence-electron chi connectivity index (χ2n) is 2.26. The molecule has 1 rings (SSSR count). The maximum Gasteiger partial charge on any atom is 0.0921 e. The Hall–Kier alpha value is -0.830. The van der Waals surface area contributed by atoms with Crippen molar-refractivity contribution in [3.05, 3.63) is 18.2 Å². The standard InChI is InChI=1S/C7H12N2O/c10-4-2-1-3-7-5-8-6-9-7/h5-6,10H,1-4H2,(H,8,9). The quantitative estimate of drug-likeness (QED) is 0.605. The lowest BCUT2D eigenvalue weighted by Gasteiger charge is -1.93. The van der Waals surface area contributed by atoms with Gasteiger partial charge in [0.05, 0.1) is 6.33 Å². The van der Waals surface area contributed by atoms with E-state index in [1.807, 2.05) is 6.20 Å². The van der Waals surface area contributed by atoms with Gasteiger partial charge in [-0.1, -0.05) is 0 Å². The van der Waals surface area contributed by atoms with Crippen LogP contribution in [0.15, 0.2) is 12.5 Å². The Kier molecular flexibility index (Phi) is 2.96. The Bertz CT molecular complexity index is 160.